The minimum Gasteiger partial charge on any atom is -0.335 e. The second kappa shape index (κ2) is 9.05. The molecule has 2 heterocycles. The topological polar surface area (TPSA) is 80.4 Å². The maximum Gasteiger partial charge on any atom is 0.247 e. The highest BCUT2D eigenvalue weighted by molar-refractivity contribution is 7.82. The van der Waals surface area contributed by atoms with E-state index in [1.807, 2.05) is 54.9 Å². The Labute approximate surface area is 197 Å². The number of fused-ring (bicyclic) bond motifs is 2. The predicted molar refractivity (Wildman–Crippen MR) is 134 cm³/mol. The number of nitrogens with one attached hydrogen (secondary N) is 1. The lowest BCUT2D eigenvalue weighted by Gasteiger charge is -2.25. The van der Waals surface area contributed by atoms with E-state index in [0.29, 0.717) is 0 Å². The molecular formula is C26H32N4O2S. The van der Waals surface area contributed by atoms with Crippen LogP contribution >= 0.6 is 0 Å². The van der Waals surface area contributed by atoms with Crippen molar-refractivity contribution in [2.45, 2.75) is 62.9 Å². The van der Waals surface area contributed by atoms with Crippen LogP contribution in [0.3, 0.4) is 0 Å². The molecule has 1 aliphatic carbocycles. The van der Waals surface area contributed by atoms with E-state index in [1.165, 1.54) is 12.0 Å². The monoisotopic (exact) mass is 464 g/mol. The van der Waals surface area contributed by atoms with Crippen LogP contribution in [0.15, 0.2) is 47.5 Å². The van der Waals surface area contributed by atoms with Gasteiger partial charge in [0.1, 0.15) is 17.0 Å². The van der Waals surface area contributed by atoms with Gasteiger partial charge in [-0.3, -0.25) is 4.79 Å². The number of aryl methyl sites for hydroxylation is 2. The molecule has 6 nitrogen and oxygen atoms in total. The van der Waals surface area contributed by atoms with Crippen molar-refractivity contribution in [1.29, 1.82) is 0 Å². The average molecular weight is 465 g/mol. The molecule has 1 amide bonds. The van der Waals surface area contributed by atoms with Crippen molar-refractivity contribution >= 4 is 33.5 Å². The highest BCUT2D eigenvalue weighted by Gasteiger charge is 2.23. The molecular weight excluding hydrogens is 432 g/mol. The zero-order valence-electron chi connectivity index (χ0n) is 19.3. The number of aromatic nitrogens is 1. The van der Waals surface area contributed by atoms with Crippen molar-refractivity contribution < 1.29 is 9.00 Å². The van der Waals surface area contributed by atoms with Crippen LogP contribution in [-0.2, 0) is 22.2 Å². The first kappa shape index (κ1) is 22.3. The Balaban J connectivity index is 1.37. The number of piperidine rings is 1. The van der Waals surface area contributed by atoms with Crippen LogP contribution in [0.5, 0.6) is 0 Å². The Morgan fingerprint density at radius 1 is 1.15 bits per heavy atom. The summed E-state index contributed by atoms with van der Waals surface area (Å²) in [5, 5.41) is 4.11. The smallest absolute Gasteiger partial charge is 0.247 e. The molecule has 1 aliphatic heterocycles. The van der Waals surface area contributed by atoms with Gasteiger partial charge in [-0.25, -0.2) is 8.51 Å². The lowest BCUT2D eigenvalue weighted by molar-refractivity contribution is -0.118. The normalized spacial score (nSPS) is 20.5. The summed E-state index contributed by atoms with van der Waals surface area (Å²) in [4.78, 5) is 13.9. The molecule has 1 saturated heterocycles. The number of nitrogens with two attached hydrogens (primary N) is 1. The third-order valence-corrected chi connectivity index (χ3v) is 8.58. The molecule has 7 heteroatoms. The van der Waals surface area contributed by atoms with E-state index >= 15 is 0 Å². The zero-order valence-corrected chi connectivity index (χ0v) is 20.2. The number of carbonyl (C=O) groups is 1. The summed E-state index contributed by atoms with van der Waals surface area (Å²) in [6.07, 6.45) is 7.40. The van der Waals surface area contributed by atoms with E-state index < -0.39 is 11.0 Å². The number of carbonyl (C=O) groups excluding carboxylic acids is 1. The van der Waals surface area contributed by atoms with Gasteiger partial charge in [0.05, 0.1) is 4.90 Å². The fourth-order valence-corrected chi connectivity index (χ4v) is 6.39. The van der Waals surface area contributed by atoms with Gasteiger partial charge in [0, 0.05) is 41.9 Å². The van der Waals surface area contributed by atoms with E-state index in [9.17, 15) is 9.00 Å². The lowest BCUT2D eigenvalue weighted by Crippen LogP contribution is -2.31. The fraction of sp³-hybridized carbons (Fsp3) is 0.423. The van der Waals surface area contributed by atoms with Gasteiger partial charge in [-0.15, -0.1) is 0 Å². The fourth-order valence-electron chi connectivity index (χ4n) is 5.10. The molecule has 1 fully saturated rings. The molecule has 1 aromatic heterocycles. The number of benzene rings is 2. The predicted octanol–water partition coefficient (Wildman–Crippen LogP) is 4.60. The van der Waals surface area contributed by atoms with Gasteiger partial charge in [0.2, 0.25) is 5.91 Å². The van der Waals surface area contributed by atoms with Crippen molar-refractivity contribution in [2.75, 3.05) is 18.4 Å². The first-order valence-electron chi connectivity index (χ1n) is 11.9. The molecule has 0 radical (unpaired) electrons. The van der Waals surface area contributed by atoms with Crippen LogP contribution in [0, 0.1) is 6.92 Å². The molecule has 5 rings (SSSR count). The van der Waals surface area contributed by atoms with Crippen molar-refractivity contribution in [1.82, 2.24) is 8.87 Å². The molecule has 3 N–H and O–H groups in total. The Bertz CT molecular complexity index is 1230. The molecule has 2 aromatic carbocycles. The molecule has 0 spiro atoms. The van der Waals surface area contributed by atoms with E-state index in [2.05, 4.69) is 15.7 Å². The number of hydrogen-bond acceptors (Lipinski definition) is 3. The molecule has 3 atom stereocenters. The summed E-state index contributed by atoms with van der Waals surface area (Å²) in [5.41, 5.74) is 11.5. The molecule has 2 aliphatic rings. The summed E-state index contributed by atoms with van der Waals surface area (Å²) in [6.45, 7) is 5.72. The largest absolute Gasteiger partial charge is 0.335 e. The van der Waals surface area contributed by atoms with Gasteiger partial charge in [-0.2, -0.15) is 0 Å². The van der Waals surface area contributed by atoms with Crippen LogP contribution < -0.4 is 11.1 Å². The third kappa shape index (κ3) is 4.25. The number of amides is 1. The maximum atomic E-state index is 13.1. The second-order valence-electron chi connectivity index (χ2n) is 9.36. The van der Waals surface area contributed by atoms with Crippen LogP contribution in [0.2, 0.25) is 0 Å². The lowest BCUT2D eigenvalue weighted by atomic mass is 10.1. The SMILES string of the molecule is Cc1cn(C(C)C(=O)Nc2ccc3c(c2)C(N)CC3)c2ccc(S(=O)N3CCCCC3)cc12. The Kier molecular flexibility index (Phi) is 6.12. The average Bonchev–Trinajstić information content (AvgIpc) is 3.38. The molecule has 0 saturated carbocycles. The summed E-state index contributed by atoms with van der Waals surface area (Å²) in [7, 11) is -1.14. The van der Waals surface area contributed by atoms with E-state index in [4.69, 9.17) is 5.73 Å². The van der Waals surface area contributed by atoms with E-state index in [-0.39, 0.29) is 18.0 Å². The summed E-state index contributed by atoms with van der Waals surface area (Å²) in [5.74, 6) is -0.0700. The number of rotatable bonds is 5. The second-order valence-corrected chi connectivity index (χ2v) is 10.8. The van der Waals surface area contributed by atoms with Gasteiger partial charge >= 0.3 is 0 Å². The third-order valence-electron chi connectivity index (χ3n) is 7.09. The molecule has 3 aromatic rings. The van der Waals surface area contributed by atoms with Gasteiger partial charge in [-0.05, 0) is 86.6 Å². The first-order chi connectivity index (χ1) is 15.9. The number of nitrogens with zero attached hydrogens (tertiary/aromatic N) is 2. The molecule has 0 bridgehead atoms. The Morgan fingerprint density at radius 3 is 2.73 bits per heavy atom. The van der Waals surface area contributed by atoms with E-state index in [1.54, 1.807) is 0 Å². The Morgan fingerprint density at radius 2 is 1.94 bits per heavy atom. The molecule has 174 valence electrons. The van der Waals surface area contributed by atoms with E-state index in [0.717, 1.165) is 71.4 Å². The van der Waals surface area contributed by atoms with Gasteiger partial charge in [-0.1, -0.05) is 12.5 Å². The van der Waals surface area contributed by atoms with Crippen molar-refractivity contribution in [3.8, 4) is 0 Å². The summed E-state index contributed by atoms with van der Waals surface area (Å²) < 4.78 is 17.1. The standard InChI is InChI=1S/C26H32N4O2S/c1-17-16-30(18(2)26(31)28-20-8-6-19-7-10-24(27)23(19)14-20)25-11-9-21(15-22(17)25)33(32)29-12-4-3-5-13-29/h6,8-9,11,14-16,18,24H,3-5,7,10,12-13,27H2,1-2H3,(H,28,31). The van der Waals surface area contributed by atoms with Crippen molar-refractivity contribution in [2.24, 2.45) is 5.73 Å². The highest BCUT2D eigenvalue weighted by Crippen LogP contribution is 2.32. The maximum absolute atomic E-state index is 13.1. The van der Waals surface area contributed by atoms with Crippen LogP contribution in [0.4, 0.5) is 5.69 Å². The van der Waals surface area contributed by atoms with Crippen LogP contribution in [0.25, 0.3) is 10.9 Å². The summed E-state index contributed by atoms with van der Waals surface area (Å²) >= 11 is 0. The number of anilines is 1. The highest BCUT2D eigenvalue weighted by atomic mass is 32.2. The van der Waals surface area contributed by atoms with Crippen molar-refractivity contribution in [3.63, 3.8) is 0 Å². The van der Waals surface area contributed by atoms with Crippen LogP contribution in [0.1, 0.15) is 61.4 Å². The van der Waals surface area contributed by atoms with Gasteiger partial charge < -0.3 is 15.6 Å². The molecule has 33 heavy (non-hydrogen) atoms. The number of hydrogen-bond donors (Lipinski definition) is 2. The van der Waals surface area contributed by atoms with Crippen molar-refractivity contribution in [3.05, 3.63) is 59.3 Å². The van der Waals surface area contributed by atoms with Gasteiger partial charge in [0.25, 0.3) is 0 Å². The minimum atomic E-state index is -1.14. The quantitative estimate of drug-likeness (QED) is 0.579. The van der Waals surface area contributed by atoms with Crippen LogP contribution in [-0.4, -0.2) is 32.1 Å². The van der Waals surface area contributed by atoms with Gasteiger partial charge in [0.15, 0.2) is 0 Å². The Hall–Kier alpha value is -2.48. The minimum absolute atomic E-state index is 0.0509. The first-order valence-corrected chi connectivity index (χ1v) is 13.0. The molecule has 3 unspecified atom stereocenters. The zero-order chi connectivity index (χ0) is 23.1. The summed E-state index contributed by atoms with van der Waals surface area (Å²) in [6, 6.07) is 11.7.